The molecule has 0 unspecified atom stereocenters. The van der Waals surface area contributed by atoms with Crippen molar-refractivity contribution in [1.82, 2.24) is 10.2 Å². The summed E-state index contributed by atoms with van der Waals surface area (Å²) >= 11 is 3.14. The fourth-order valence-corrected chi connectivity index (χ4v) is 4.66. The Balaban J connectivity index is 1.57. The molecule has 0 radical (unpaired) electrons. The Bertz CT molecular complexity index is 1040. The third-order valence-corrected chi connectivity index (χ3v) is 6.73. The Morgan fingerprint density at radius 1 is 1.06 bits per heavy atom. The van der Waals surface area contributed by atoms with Crippen molar-refractivity contribution in [3.63, 3.8) is 0 Å². The quantitative estimate of drug-likeness (QED) is 0.226. The summed E-state index contributed by atoms with van der Waals surface area (Å²) < 4.78 is 10.8. The third kappa shape index (κ3) is 8.69. The lowest BCUT2D eigenvalue weighted by Crippen LogP contribution is -2.41. The number of nitrogens with zero attached hydrogens (tertiary/aromatic N) is 2. The highest BCUT2D eigenvalue weighted by Gasteiger charge is 2.21. The monoisotopic (exact) mass is 517 g/mol. The van der Waals surface area contributed by atoms with E-state index in [1.807, 2.05) is 41.9 Å². The maximum atomic E-state index is 13.0. The highest BCUT2D eigenvalue weighted by atomic mass is 32.1. The Kier molecular flexibility index (Phi) is 10.1. The minimum atomic E-state index is -0.718. The molecule has 2 aromatic heterocycles. The molecular formula is C24H27N3O6S2. The van der Waals surface area contributed by atoms with E-state index in [0.29, 0.717) is 19.5 Å². The second kappa shape index (κ2) is 13.4. The lowest BCUT2D eigenvalue weighted by Gasteiger charge is -2.23. The number of non-ortho nitro benzene ring substituents is 1. The first kappa shape index (κ1) is 26.2. The number of benzene rings is 1. The van der Waals surface area contributed by atoms with Crippen LogP contribution in [0.25, 0.3) is 0 Å². The summed E-state index contributed by atoms with van der Waals surface area (Å²) in [7, 11) is 0. The molecule has 0 aliphatic heterocycles. The maximum Gasteiger partial charge on any atom is 0.412 e. The van der Waals surface area contributed by atoms with Crippen LogP contribution in [0.1, 0.15) is 35.9 Å². The fourth-order valence-electron chi connectivity index (χ4n) is 3.22. The predicted molar refractivity (Wildman–Crippen MR) is 135 cm³/mol. The highest BCUT2D eigenvalue weighted by Crippen LogP contribution is 2.19. The molecule has 1 aromatic carbocycles. The summed E-state index contributed by atoms with van der Waals surface area (Å²) in [6, 6.07) is 12.6. The number of rotatable bonds is 12. The number of hydrogen-bond donors (Lipinski definition) is 1. The smallest absolute Gasteiger partial charge is 0.412 e. The molecule has 0 bridgehead atoms. The fraction of sp³-hybridized carbons (Fsp3) is 0.333. The first-order valence-corrected chi connectivity index (χ1v) is 12.9. The minimum Gasteiger partial charge on any atom is -0.447 e. The summed E-state index contributed by atoms with van der Waals surface area (Å²) in [5.74, 6) is 0.178. The van der Waals surface area contributed by atoms with Crippen molar-refractivity contribution < 1.29 is 24.0 Å². The average molecular weight is 518 g/mol. The van der Waals surface area contributed by atoms with E-state index in [-0.39, 0.29) is 18.0 Å². The van der Waals surface area contributed by atoms with E-state index >= 15 is 0 Å². The van der Waals surface area contributed by atoms with Crippen LogP contribution in [-0.2, 0) is 17.8 Å². The summed E-state index contributed by atoms with van der Waals surface area (Å²) in [6.07, 6.45) is 1.17. The number of ether oxygens (including phenoxy) is 2. The van der Waals surface area contributed by atoms with Gasteiger partial charge in [0.05, 0.1) is 24.1 Å². The first-order valence-electron chi connectivity index (χ1n) is 11.1. The normalized spacial score (nSPS) is 11.5. The molecule has 0 aliphatic rings. The molecule has 0 fully saturated rings. The van der Waals surface area contributed by atoms with Crippen LogP contribution < -0.4 is 10.1 Å². The topological polar surface area (TPSA) is 111 Å². The Morgan fingerprint density at radius 2 is 1.69 bits per heavy atom. The van der Waals surface area contributed by atoms with Crippen LogP contribution in [0.2, 0.25) is 0 Å². The molecule has 3 aromatic rings. The molecule has 0 saturated heterocycles. The van der Waals surface area contributed by atoms with E-state index in [1.165, 1.54) is 24.3 Å². The minimum absolute atomic E-state index is 0.000421. The zero-order valence-corrected chi connectivity index (χ0v) is 20.9. The van der Waals surface area contributed by atoms with Crippen LogP contribution in [0, 0.1) is 10.1 Å². The van der Waals surface area contributed by atoms with Gasteiger partial charge in [-0.1, -0.05) is 31.9 Å². The third-order valence-electron chi connectivity index (χ3n) is 5.01. The number of thiophene rings is 2. The Morgan fingerprint density at radius 3 is 2.20 bits per heavy atom. The van der Waals surface area contributed by atoms with Crippen molar-refractivity contribution in [2.45, 2.75) is 45.3 Å². The molecule has 186 valence electrons. The van der Waals surface area contributed by atoms with Gasteiger partial charge in [-0.05, 0) is 41.4 Å². The van der Waals surface area contributed by atoms with E-state index in [4.69, 9.17) is 9.47 Å². The maximum absolute atomic E-state index is 13.0. The summed E-state index contributed by atoms with van der Waals surface area (Å²) in [4.78, 5) is 39.3. The van der Waals surface area contributed by atoms with Gasteiger partial charge in [0.15, 0.2) is 0 Å². The van der Waals surface area contributed by atoms with E-state index in [2.05, 4.69) is 5.32 Å². The Labute approximate surface area is 211 Å². The second-order valence-electron chi connectivity index (χ2n) is 7.72. The Hall–Kier alpha value is -3.44. The first-order chi connectivity index (χ1) is 16.9. The lowest BCUT2D eigenvalue weighted by molar-refractivity contribution is -0.384. The SMILES string of the molecule is CCCC[C@@H](COC(=O)N(Cc1cccs1)Cc1cccs1)NC(=O)Oc1ccc([N+](=O)[O-])cc1. The van der Waals surface area contributed by atoms with E-state index in [0.717, 1.165) is 22.6 Å². The van der Waals surface area contributed by atoms with Crippen LogP contribution in [0.5, 0.6) is 5.75 Å². The molecule has 0 aliphatic carbocycles. The molecule has 2 heterocycles. The zero-order valence-electron chi connectivity index (χ0n) is 19.3. The van der Waals surface area contributed by atoms with Gasteiger partial charge in [-0.15, -0.1) is 22.7 Å². The van der Waals surface area contributed by atoms with Gasteiger partial charge in [-0.2, -0.15) is 0 Å². The molecule has 3 rings (SSSR count). The molecule has 2 amide bonds. The molecule has 11 heteroatoms. The van der Waals surface area contributed by atoms with Crippen molar-refractivity contribution in [1.29, 1.82) is 0 Å². The largest absolute Gasteiger partial charge is 0.447 e. The average Bonchev–Trinajstić information content (AvgIpc) is 3.55. The van der Waals surface area contributed by atoms with Gasteiger partial charge in [-0.3, -0.25) is 15.0 Å². The number of amides is 2. The number of hydrogen-bond acceptors (Lipinski definition) is 8. The van der Waals surface area contributed by atoms with Crippen LogP contribution in [0.3, 0.4) is 0 Å². The van der Waals surface area contributed by atoms with Gasteiger partial charge >= 0.3 is 12.2 Å². The molecule has 35 heavy (non-hydrogen) atoms. The van der Waals surface area contributed by atoms with Crippen molar-refractivity contribution in [3.05, 3.63) is 79.2 Å². The van der Waals surface area contributed by atoms with Crippen molar-refractivity contribution in [2.75, 3.05) is 6.61 Å². The molecule has 0 spiro atoms. The highest BCUT2D eigenvalue weighted by molar-refractivity contribution is 7.10. The van der Waals surface area contributed by atoms with Crippen molar-refractivity contribution in [2.24, 2.45) is 0 Å². The summed E-state index contributed by atoms with van der Waals surface area (Å²) in [6.45, 7) is 2.90. The lowest BCUT2D eigenvalue weighted by atomic mass is 10.1. The van der Waals surface area contributed by atoms with Gasteiger partial charge in [0.1, 0.15) is 12.4 Å². The van der Waals surface area contributed by atoms with E-state index < -0.39 is 23.2 Å². The second-order valence-corrected chi connectivity index (χ2v) is 9.78. The predicted octanol–water partition coefficient (Wildman–Crippen LogP) is 6.20. The number of nitro benzene ring substituents is 1. The van der Waals surface area contributed by atoms with Crippen LogP contribution in [0.15, 0.2) is 59.3 Å². The van der Waals surface area contributed by atoms with Gasteiger partial charge in [0.25, 0.3) is 5.69 Å². The molecule has 1 N–H and O–H groups in total. The number of carbonyl (C=O) groups is 2. The van der Waals surface area contributed by atoms with Crippen molar-refractivity contribution >= 4 is 40.5 Å². The number of carbonyl (C=O) groups excluding carboxylic acids is 2. The summed E-state index contributed by atoms with van der Waals surface area (Å²) in [5, 5.41) is 17.4. The molecule has 1 atom stereocenters. The van der Waals surface area contributed by atoms with Gasteiger partial charge in [0.2, 0.25) is 0 Å². The zero-order chi connectivity index (χ0) is 25.0. The standard InChI is InChI=1S/C24H27N3O6S2/c1-2-3-6-18(25-23(28)33-20-11-9-19(10-12-20)27(30)31)17-32-24(29)26(15-21-7-4-13-34-21)16-22-8-5-14-35-22/h4-5,7-14,18H,2-3,6,15-17H2,1H3,(H,25,28)/t18-/m0/s1. The van der Waals surface area contributed by atoms with E-state index in [9.17, 15) is 19.7 Å². The van der Waals surface area contributed by atoms with Gasteiger partial charge in [0, 0.05) is 21.9 Å². The summed E-state index contributed by atoms with van der Waals surface area (Å²) in [5.41, 5.74) is -0.0971. The van der Waals surface area contributed by atoms with Gasteiger partial charge in [-0.25, -0.2) is 9.59 Å². The van der Waals surface area contributed by atoms with Crippen LogP contribution >= 0.6 is 22.7 Å². The van der Waals surface area contributed by atoms with Crippen LogP contribution in [-0.4, -0.2) is 34.7 Å². The number of unbranched alkanes of at least 4 members (excludes halogenated alkanes) is 1. The number of nitro groups is 1. The molecule has 0 saturated carbocycles. The van der Waals surface area contributed by atoms with Gasteiger partial charge < -0.3 is 14.8 Å². The van der Waals surface area contributed by atoms with E-state index in [1.54, 1.807) is 27.6 Å². The van der Waals surface area contributed by atoms with Crippen LogP contribution in [0.4, 0.5) is 15.3 Å². The van der Waals surface area contributed by atoms with Crippen molar-refractivity contribution in [3.8, 4) is 5.75 Å². The molecular weight excluding hydrogens is 490 g/mol. The molecule has 9 nitrogen and oxygen atoms in total. The number of nitrogens with one attached hydrogen (secondary N) is 1.